The average molecular weight is 221 g/mol. The van der Waals surface area contributed by atoms with E-state index in [2.05, 4.69) is 12.5 Å². The second kappa shape index (κ2) is 4.76. The number of rotatable bonds is 4. The zero-order chi connectivity index (χ0) is 11.4. The van der Waals surface area contributed by atoms with Crippen LogP contribution >= 0.6 is 0 Å². The Kier molecular flexibility index (Phi) is 3.16. The van der Waals surface area contributed by atoms with E-state index in [0.29, 0.717) is 12.5 Å². The lowest BCUT2D eigenvalue weighted by Crippen LogP contribution is -2.31. The van der Waals surface area contributed by atoms with Crippen LogP contribution in [0.3, 0.4) is 0 Å². The zero-order valence-corrected chi connectivity index (χ0v) is 8.97. The lowest BCUT2D eigenvalue weighted by Gasteiger charge is -2.14. The van der Waals surface area contributed by atoms with E-state index in [4.69, 9.17) is 14.3 Å². The Labute approximate surface area is 94.1 Å². The van der Waals surface area contributed by atoms with E-state index in [9.17, 15) is 0 Å². The highest BCUT2D eigenvalue weighted by Crippen LogP contribution is 2.17. The number of allylic oxidation sites excluding steroid dienone is 1. The first-order chi connectivity index (χ1) is 7.78. The fraction of sp³-hybridized carbons (Fsp3) is 0.182. The van der Waals surface area contributed by atoms with Gasteiger partial charge in [0.15, 0.2) is 6.73 Å². The van der Waals surface area contributed by atoms with Crippen LogP contribution in [-0.2, 0) is 4.84 Å². The number of nitrogens with zero attached hydrogens (tertiary/aromatic N) is 1. The molecule has 1 aromatic rings. The minimum absolute atomic E-state index is 0.339. The van der Waals surface area contributed by atoms with Crippen LogP contribution in [0.1, 0.15) is 0 Å². The molecule has 0 unspecified atom stereocenters. The molecule has 0 saturated carbocycles. The fourth-order valence-electron chi connectivity index (χ4n) is 1.22. The van der Waals surface area contributed by atoms with Crippen LogP contribution in [0.5, 0.6) is 11.5 Å². The van der Waals surface area contributed by atoms with Gasteiger partial charge in [0.1, 0.15) is 17.3 Å². The summed E-state index contributed by atoms with van der Waals surface area (Å²) in [6.45, 7) is 3.97. The normalized spacial score (nSPS) is 14.4. The lowest BCUT2D eigenvalue weighted by molar-refractivity contribution is -0.0104. The molecule has 2 rings (SSSR count). The molecule has 1 radical (unpaired) electrons. The highest BCUT2D eigenvalue weighted by Gasteiger charge is 2.09. The third kappa shape index (κ3) is 2.58. The quantitative estimate of drug-likeness (QED) is 0.833. The molecule has 0 saturated heterocycles. The molecule has 1 heterocycles. The van der Waals surface area contributed by atoms with Crippen molar-refractivity contribution >= 4 is 0 Å². The third-order valence-corrected chi connectivity index (χ3v) is 2.02. The number of benzene rings is 1. The molecule has 0 aliphatic carbocycles. The molecule has 5 nitrogen and oxygen atoms in total. The predicted octanol–water partition coefficient (Wildman–Crippen LogP) is 1.46. The molecule has 85 valence electrons. The maximum absolute atomic E-state index is 5.49. The van der Waals surface area contributed by atoms with Crippen molar-refractivity contribution in [1.29, 1.82) is 0 Å². The van der Waals surface area contributed by atoms with Crippen molar-refractivity contribution in [3.63, 3.8) is 0 Å². The Morgan fingerprint density at radius 1 is 1.31 bits per heavy atom. The van der Waals surface area contributed by atoms with Crippen LogP contribution < -0.4 is 15.1 Å². The molecule has 0 fully saturated rings. The predicted molar refractivity (Wildman–Crippen MR) is 58.0 cm³/mol. The summed E-state index contributed by atoms with van der Waals surface area (Å²) in [5.74, 6) is 2.11. The standard InChI is InChI=1S/C11H13N2O3/c1-9-7-13(12-16-9)8-15-11-5-3-10(14-2)4-6-11/h3-7,12H,1,8H2,2H3. The molecule has 16 heavy (non-hydrogen) atoms. The van der Waals surface area contributed by atoms with Crippen LogP contribution in [0.4, 0.5) is 0 Å². The molecule has 0 atom stereocenters. The van der Waals surface area contributed by atoms with E-state index in [1.807, 2.05) is 24.3 Å². The summed E-state index contributed by atoms with van der Waals surface area (Å²) in [4.78, 5) is 4.92. The zero-order valence-electron chi connectivity index (χ0n) is 8.97. The van der Waals surface area contributed by atoms with Crippen LogP contribution in [0.15, 0.2) is 36.2 Å². The fourth-order valence-corrected chi connectivity index (χ4v) is 1.22. The van der Waals surface area contributed by atoms with E-state index in [-0.39, 0.29) is 0 Å². The molecule has 0 amide bonds. The van der Waals surface area contributed by atoms with Gasteiger partial charge in [0.25, 0.3) is 0 Å². The highest BCUT2D eigenvalue weighted by atomic mass is 16.7. The number of hydrogen-bond donors (Lipinski definition) is 1. The van der Waals surface area contributed by atoms with Gasteiger partial charge in [-0.2, -0.15) is 0 Å². The second-order valence-corrected chi connectivity index (χ2v) is 3.21. The van der Waals surface area contributed by atoms with E-state index in [1.54, 1.807) is 18.3 Å². The number of ether oxygens (including phenoxy) is 2. The molecule has 0 aromatic heterocycles. The van der Waals surface area contributed by atoms with Crippen molar-refractivity contribution in [1.82, 2.24) is 10.6 Å². The Balaban J connectivity index is 1.85. The number of hydrogen-bond acceptors (Lipinski definition) is 5. The van der Waals surface area contributed by atoms with Gasteiger partial charge >= 0.3 is 0 Å². The molecule has 0 spiro atoms. The number of hydrazine groups is 1. The van der Waals surface area contributed by atoms with Gasteiger partial charge in [-0.05, 0) is 24.3 Å². The lowest BCUT2D eigenvalue weighted by atomic mass is 10.3. The van der Waals surface area contributed by atoms with Gasteiger partial charge in [-0.25, -0.2) is 5.01 Å². The summed E-state index contributed by atoms with van der Waals surface area (Å²) in [5.41, 5.74) is 2.63. The molecule has 5 heteroatoms. The first-order valence-corrected chi connectivity index (χ1v) is 4.78. The Bertz CT molecular complexity index is 375. The first-order valence-electron chi connectivity index (χ1n) is 4.78. The van der Waals surface area contributed by atoms with Gasteiger partial charge in [0.05, 0.1) is 13.3 Å². The molecule has 1 N–H and O–H groups in total. The number of methoxy groups -OCH3 is 1. The van der Waals surface area contributed by atoms with Crippen molar-refractivity contribution < 1.29 is 14.3 Å². The summed E-state index contributed by atoms with van der Waals surface area (Å²) in [7, 11) is 1.63. The van der Waals surface area contributed by atoms with Crippen molar-refractivity contribution in [3.8, 4) is 11.5 Å². The summed E-state index contributed by atoms with van der Waals surface area (Å²) >= 11 is 0. The van der Waals surface area contributed by atoms with Crippen LogP contribution in [0, 0.1) is 6.92 Å². The average Bonchev–Trinajstić information content (AvgIpc) is 2.73. The maximum Gasteiger partial charge on any atom is 0.177 e. The first kappa shape index (κ1) is 10.6. The van der Waals surface area contributed by atoms with Gasteiger partial charge in [-0.15, -0.1) is 0 Å². The Morgan fingerprint density at radius 2 is 2.00 bits per heavy atom. The van der Waals surface area contributed by atoms with Gasteiger partial charge in [0, 0.05) is 6.92 Å². The van der Waals surface area contributed by atoms with Crippen molar-refractivity contribution in [2.24, 2.45) is 0 Å². The monoisotopic (exact) mass is 221 g/mol. The number of nitrogens with one attached hydrogen (secondary N) is 1. The van der Waals surface area contributed by atoms with Gasteiger partial charge in [0.2, 0.25) is 0 Å². The van der Waals surface area contributed by atoms with E-state index < -0.39 is 0 Å². The molecule has 0 bridgehead atoms. The summed E-state index contributed by atoms with van der Waals surface area (Å²) in [6, 6.07) is 7.35. The SMILES string of the molecule is [CH2]C1=CN(COc2ccc(OC)cc2)NO1. The van der Waals surface area contributed by atoms with E-state index >= 15 is 0 Å². The second-order valence-electron chi connectivity index (χ2n) is 3.21. The Hall–Kier alpha value is -1.88. The van der Waals surface area contributed by atoms with Crippen molar-refractivity contribution in [2.75, 3.05) is 13.8 Å². The highest BCUT2D eigenvalue weighted by molar-refractivity contribution is 5.31. The van der Waals surface area contributed by atoms with Gasteiger partial charge in [-0.1, -0.05) is 5.59 Å². The van der Waals surface area contributed by atoms with Crippen LogP contribution in [-0.4, -0.2) is 18.8 Å². The van der Waals surface area contributed by atoms with Crippen molar-refractivity contribution in [2.45, 2.75) is 0 Å². The largest absolute Gasteiger partial charge is 0.497 e. The van der Waals surface area contributed by atoms with E-state index in [0.717, 1.165) is 11.5 Å². The Morgan fingerprint density at radius 3 is 2.56 bits per heavy atom. The third-order valence-electron chi connectivity index (χ3n) is 2.02. The maximum atomic E-state index is 5.49. The molecular weight excluding hydrogens is 208 g/mol. The molecule has 1 aliphatic heterocycles. The summed E-state index contributed by atoms with van der Waals surface area (Å²) in [6.07, 6.45) is 1.71. The molecular formula is C11H13N2O3. The smallest absolute Gasteiger partial charge is 0.177 e. The van der Waals surface area contributed by atoms with Gasteiger partial charge in [-0.3, -0.25) is 0 Å². The minimum atomic E-state index is 0.339. The van der Waals surface area contributed by atoms with Crippen molar-refractivity contribution in [3.05, 3.63) is 43.1 Å². The van der Waals surface area contributed by atoms with E-state index in [1.165, 1.54) is 0 Å². The summed E-state index contributed by atoms with van der Waals surface area (Å²) < 4.78 is 10.5. The van der Waals surface area contributed by atoms with Crippen LogP contribution in [0.25, 0.3) is 0 Å². The molecule has 1 aromatic carbocycles. The summed E-state index contributed by atoms with van der Waals surface area (Å²) in [5, 5.41) is 1.65. The topological polar surface area (TPSA) is 43.0 Å². The van der Waals surface area contributed by atoms with Crippen LogP contribution in [0.2, 0.25) is 0 Å². The minimum Gasteiger partial charge on any atom is -0.497 e. The van der Waals surface area contributed by atoms with Gasteiger partial charge < -0.3 is 14.3 Å². The molecule has 1 aliphatic rings.